The van der Waals surface area contributed by atoms with E-state index in [4.69, 9.17) is 4.74 Å². The molecule has 0 aliphatic rings. The van der Waals surface area contributed by atoms with Gasteiger partial charge in [0.15, 0.2) is 5.43 Å². The average molecular weight is 287 g/mol. The van der Waals surface area contributed by atoms with Gasteiger partial charge in [0.1, 0.15) is 5.75 Å². The van der Waals surface area contributed by atoms with Gasteiger partial charge in [-0.25, -0.2) is 0 Å². The van der Waals surface area contributed by atoms with E-state index in [0.29, 0.717) is 11.3 Å². The number of hydrogen-bond acceptors (Lipinski definition) is 3. The number of methoxy groups -OCH3 is 1. The third kappa shape index (κ3) is 3.00. The van der Waals surface area contributed by atoms with Crippen molar-refractivity contribution in [1.82, 2.24) is 4.57 Å². The van der Waals surface area contributed by atoms with Gasteiger partial charge >= 0.3 is 0 Å². The van der Waals surface area contributed by atoms with E-state index in [1.54, 1.807) is 27.2 Å². The van der Waals surface area contributed by atoms with E-state index in [9.17, 15) is 9.90 Å². The van der Waals surface area contributed by atoms with Crippen LogP contribution in [0.15, 0.2) is 35.3 Å². The minimum Gasteiger partial charge on any atom is -0.495 e. The summed E-state index contributed by atoms with van der Waals surface area (Å²) in [5, 5.41) is 10.2. The Labute approximate surface area is 124 Å². The predicted molar refractivity (Wildman–Crippen MR) is 83.3 cm³/mol. The Morgan fingerprint density at radius 2 is 1.86 bits per heavy atom. The first kappa shape index (κ1) is 15.3. The first-order valence-electron chi connectivity index (χ1n) is 6.85. The van der Waals surface area contributed by atoms with Crippen LogP contribution >= 0.6 is 0 Å². The molecule has 2 aromatic rings. The molecule has 0 aliphatic heterocycles. The molecule has 0 aliphatic carbocycles. The van der Waals surface area contributed by atoms with Gasteiger partial charge in [0.25, 0.3) is 0 Å². The molecule has 0 unspecified atom stereocenters. The summed E-state index contributed by atoms with van der Waals surface area (Å²) in [6, 6.07) is 7.39. The number of pyridine rings is 1. The Hall–Kier alpha value is -2.07. The van der Waals surface area contributed by atoms with E-state index in [2.05, 4.69) is 0 Å². The van der Waals surface area contributed by atoms with Crippen molar-refractivity contribution >= 4 is 0 Å². The molecule has 0 spiro atoms. The molecule has 0 fully saturated rings. The van der Waals surface area contributed by atoms with Crippen molar-refractivity contribution < 1.29 is 9.84 Å². The molecule has 21 heavy (non-hydrogen) atoms. The molecule has 0 bridgehead atoms. The summed E-state index contributed by atoms with van der Waals surface area (Å²) < 4.78 is 7.28. The van der Waals surface area contributed by atoms with Crippen LogP contribution in [0.4, 0.5) is 0 Å². The van der Waals surface area contributed by atoms with E-state index < -0.39 is 5.60 Å². The van der Waals surface area contributed by atoms with Crippen molar-refractivity contribution in [3.05, 3.63) is 57.5 Å². The van der Waals surface area contributed by atoms with Crippen LogP contribution in [0.25, 0.3) is 5.69 Å². The number of rotatable bonds is 3. The zero-order valence-corrected chi connectivity index (χ0v) is 13.1. The fraction of sp³-hybridized carbons (Fsp3) is 0.353. The molecular weight excluding hydrogens is 266 g/mol. The maximum Gasteiger partial charge on any atom is 0.187 e. The molecule has 4 heteroatoms. The van der Waals surface area contributed by atoms with Crippen molar-refractivity contribution in [3.63, 3.8) is 0 Å². The monoisotopic (exact) mass is 287 g/mol. The molecule has 0 amide bonds. The van der Waals surface area contributed by atoms with Crippen molar-refractivity contribution in [2.75, 3.05) is 7.11 Å². The minimum atomic E-state index is -1.19. The van der Waals surface area contributed by atoms with Gasteiger partial charge in [0.2, 0.25) is 0 Å². The largest absolute Gasteiger partial charge is 0.495 e. The molecule has 0 saturated heterocycles. The predicted octanol–water partition coefficient (Wildman–Crippen LogP) is 2.69. The summed E-state index contributed by atoms with van der Waals surface area (Å²) >= 11 is 0. The van der Waals surface area contributed by atoms with Gasteiger partial charge < -0.3 is 14.4 Å². The van der Waals surface area contributed by atoms with Crippen LogP contribution in [-0.2, 0) is 5.60 Å². The summed E-state index contributed by atoms with van der Waals surface area (Å²) in [4.78, 5) is 12.1. The summed E-state index contributed by atoms with van der Waals surface area (Å²) in [6.07, 6.45) is 1.69. The smallest absolute Gasteiger partial charge is 0.187 e. The first-order chi connectivity index (χ1) is 9.74. The quantitative estimate of drug-likeness (QED) is 0.944. The number of benzene rings is 1. The number of nitrogens with zero attached hydrogens (tertiary/aromatic N) is 1. The third-order valence-corrected chi connectivity index (χ3v) is 3.50. The molecule has 0 saturated carbocycles. The number of ether oxygens (including phenoxy) is 1. The van der Waals surface area contributed by atoms with Crippen LogP contribution in [-0.4, -0.2) is 16.8 Å². The molecule has 1 N–H and O–H groups in total. The molecule has 0 atom stereocenters. The van der Waals surface area contributed by atoms with Crippen molar-refractivity contribution in [3.8, 4) is 11.4 Å². The highest BCUT2D eigenvalue weighted by Gasteiger charge is 2.21. The Kier molecular flexibility index (Phi) is 3.92. The van der Waals surface area contributed by atoms with Gasteiger partial charge in [-0.15, -0.1) is 0 Å². The normalized spacial score (nSPS) is 11.5. The fourth-order valence-electron chi connectivity index (χ4n) is 2.34. The third-order valence-electron chi connectivity index (χ3n) is 3.50. The van der Waals surface area contributed by atoms with Crippen molar-refractivity contribution in [1.29, 1.82) is 0 Å². The Bertz CT molecular complexity index is 724. The van der Waals surface area contributed by atoms with Crippen LogP contribution in [0, 0.1) is 13.8 Å². The second-order valence-corrected chi connectivity index (χ2v) is 5.80. The molecular formula is C17H21NO3. The highest BCUT2D eigenvalue weighted by Crippen LogP contribution is 2.26. The maximum atomic E-state index is 12.1. The number of hydrogen-bond donors (Lipinski definition) is 1. The zero-order valence-electron chi connectivity index (χ0n) is 13.1. The van der Waals surface area contributed by atoms with Crippen LogP contribution in [0.1, 0.15) is 30.7 Å². The lowest BCUT2D eigenvalue weighted by molar-refractivity contribution is 0.0769. The maximum absolute atomic E-state index is 12.1. The molecule has 2 rings (SSSR count). The SMILES string of the molecule is COc1ccc(C)cc1-n1cc(C(C)(C)O)c(=O)cc1C. The minimum absolute atomic E-state index is 0.164. The van der Waals surface area contributed by atoms with Gasteiger partial charge in [0.05, 0.1) is 18.4 Å². The number of aryl methyl sites for hydroxylation is 2. The van der Waals surface area contributed by atoms with Crippen LogP contribution < -0.4 is 10.2 Å². The van der Waals surface area contributed by atoms with Crippen LogP contribution in [0.3, 0.4) is 0 Å². The summed E-state index contributed by atoms with van der Waals surface area (Å²) in [7, 11) is 1.61. The molecule has 0 radical (unpaired) electrons. The second-order valence-electron chi connectivity index (χ2n) is 5.80. The van der Waals surface area contributed by atoms with Crippen molar-refractivity contribution in [2.24, 2.45) is 0 Å². The molecule has 112 valence electrons. The standard InChI is InChI=1S/C17H21NO3/c1-11-6-7-16(21-5)14(8-11)18-10-13(17(3,4)20)15(19)9-12(18)2/h6-10,20H,1-5H3. The first-order valence-corrected chi connectivity index (χ1v) is 6.85. The van der Waals surface area contributed by atoms with E-state index >= 15 is 0 Å². The zero-order chi connectivity index (χ0) is 15.8. The average Bonchev–Trinajstić information content (AvgIpc) is 2.37. The Morgan fingerprint density at radius 3 is 2.43 bits per heavy atom. The Balaban J connectivity index is 2.76. The molecule has 4 nitrogen and oxygen atoms in total. The van der Waals surface area contributed by atoms with Gasteiger partial charge in [-0.2, -0.15) is 0 Å². The second kappa shape index (κ2) is 5.37. The van der Waals surface area contributed by atoms with Gasteiger partial charge in [-0.05, 0) is 45.4 Å². The van der Waals surface area contributed by atoms with E-state index in [-0.39, 0.29) is 5.43 Å². The van der Waals surface area contributed by atoms with E-state index in [0.717, 1.165) is 16.9 Å². The molecule has 1 aromatic heterocycles. The summed E-state index contributed by atoms with van der Waals surface area (Å²) in [5.74, 6) is 0.717. The van der Waals surface area contributed by atoms with Gasteiger partial charge in [-0.3, -0.25) is 4.79 Å². The highest BCUT2D eigenvalue weighted by atomic mass is 16.5. The van der Waals surface area contributed by atoms with Crippen LogP contribution in [0.2, 0.25) is 0 Å². The Morgan fingerprint density at radius 1 is 1.19 bits per heavy atom. The van der Waals surface area contributed by atoms with Crippen molar-refractivity contribution in [2.45, 2.75) is 33.3 Å². The van der Waals surface area contributed by atoms with E-state index in [1.165, 1.54) is 6.07 Å². The molecule has 1 aromatic carbocycles. The lowest BCUT2D eigenvalue weighted by Gasteiger charge is -2.21. The van der Waals surface area contributed by atoms with Crippen LogP contribution in [0.5, 0.6) is 5.75 Å². The highest BCUT2D eigenvalue weighted by molar-refractivity contribution is 5.50. The lowest BCUT2D eigenvalue weighted by Crippen LogP contribution is -2.27. The van der Waals surface area contributed by atoms with Gasteiger partial charge in [-0.1, -0.05) is 6.07 Å². The summed E-state index contributed by atoms with van der Waals surface area (Å²) in [6.45, 7) is 7.07. The lowest BCUT2D eigenvalue weighted by atomic mass is 9.99. The summed E-state index contributed by atoms with van der Waals surface area (Å²) in [5.41, 5.74) is 1.73. The number of aromatic nitrogens is 1. The van der Waals surface area contributed by atoms with E-state index in [1.807, 2.05) is 36.6 Å². The van der Waals surface area contributed by atoms with Gasteiger partial charge in [0, 0.05) is 23.5 Å². The topological polar surface area (TPSA) is 51.5 Å². The fourth-order valence-corrected chi connectivity index (χ4v) is 2.34. The molecule has 1 heterocycles. The number of aliphatic hydroxyl groups is 1.